The molecule has 0 bridgehead atoms. The van der Waals surface area contributed by atoms with Crippen LogP contribution in [0.15, 0.2) is 90.5 Å². The van der Waals surface area contributed by atoms with Crippen LogP contribution in [0.5, 0.6) is 5.75 Å². The van der Waals surface area contributed by atoms with Crippen molar-refractivity contribution in [2.45, 2.75) is 20.0 Å². The molecular formula is C31H24F3N3O3. The lowest BCUT2D eigenvalue weighted by molar-refractivity contribution is -0.137. The molecule has 0 saturated carbocycles. The Morgan fingerprint density at radius 1 is 0.925 bits per heavy atom. The highest BCUT2D eigenvalue weighted by Gasteiger charge is 2.39. The van der Waals surface area contributed by atoms with E-state index in [1.54, 1.807) is 54.6 Å². The number of aliphatic hydroxyl groups excluding tert-OH is 1. The third-order valence-electron chi connectivity index (χ3n) is 6.52. The highest BCUT2D eigenvalue weighted by molar-refractivity contribution is 6.55. The van der Waals surface area contributed by atoms with Crippen LogP contribution in [0.25, 0.3) is 16.9 Å². The molecule has 1 aliphatic rings. The molecule has 202 valence electrons. The Kier molecular flexibility index (Phi) is 6.59. The fourth-order valence-corrected chi connectivity index (χ4v) is 4.72. The Hall–Kier alpha value is -5.05. The van der Waals surface area contributed by atoms with Crippen LogP contribution in [0.2, 0.25) is 0 Å². The number of para-hydroxylation sites is 1. The number of fused-ring (bicyclic) bond motifs is 1. The molecule has 0 fully saturated rings. The van der Waals surface area contributed by atoms with Gasteiger partial charge in [-0.1, -0.05) is 43.0 Å². The van der Waals surface area contributed by atoms with Gasteiger partial charge in [-0.15, -0.1) is 0 Å². The summed E-state index contributed by atoms with van der Waals surface area (Å²) in [4.78, 5) is 14.8. The van der Waals surface area contributed by atoms with Crippen LogP contribution < -0.4 is 10.3 Å². The van der Waals surface area contributed by atoms with Crippen molar-refractivity contribution in [3.8, 4) is 16.9 Å². The number of carbonyl (C=O) groups excluding carboxylic acids is 1. The number of nitrogens with zero attached hydrogens (tertiary/aromatic N) is 2. The van der Waals surface area contributed by atoms with Gasteiger partial charge in [0.2, 0.25) is 0 Å². The van der Waals surface area contributed by atoms with Crippen molar-refractivity contribution in [1.82, 2.24) is 0 Å². The third kappa shape index (κ3) is 4.89. The van der Waals surface area contributed by atoms with Crippen molar-refractivity contribution in [2.75, 3.05) is 10.3 Å². The second-order valence-corrected chi connectivity index (χ2v) is 9.52. The molecule has 40 heavy (non-hydrogen) atoms. The van der Waals surface area contributed by atoms with Crippen molar-refractivity contribution in [3.05, 3.63) is 113 Å². The van der Waals surface area contributed by atoms with Gasteiger partial charge in [-0.05, 0) is 73.0 Å². The number of benzene rings is 4. The first-order chi connectivity index (χ1) is 18.9. The summed E-state index contributed by atoms with van der Waals surface area (Å²) in [5, 5.41) is 25.0. The van der Waals surface area contributed by atoms with Gasteiger partial charge in [-0.3, -0.25) is 15.1 Å². The number of halogens is 3. The molecule has 0 saturated heterocycles. The highest BCUT2D eigenvalue weighted by atomic mass is 19.4. The second-order valence-electron chi connectivity index (χ2n) is 9.52. The Morgan fingerprint density at radius 3 is 2.30 bits per heavy atom. The van der Waals surface area contributed by atoms with E-state index in [1.165, 1.54) is 11.0 Å². The molecule has 4 aromatic rings. The third-order valence-corrected chi connectivity index (χ3v) is 6.52. The number of nitrogens with one attached hydrogen (secondary N) is 1. The number of aryl methyl sites for hydroxylation is 2. The number of amides is 1. The van der Waals surface area contributed by atoms with Crippen molar-refractivity contribution >= 4 is 34.4 Å². The molecule has 9 heteroatoms. The Labute approximate surface area is 228 Å². The maximum absolute atomic E-state index is 13.6. The molecule has 0 aliphatic carbocycles. The number of alkyl halides is 3. The average molecular weight is 544 g/mol. The van der Waals surface area contributed by atoms with Gasteiger partial charge in [0.05, 0.1) is 16.9 Å². The van der Waals surface area contributed by atoms with E-state index in [2.05, 4.69) is 17.1 Å². The van der Waals surface area contributed by atoms with Gasteiger partial charge in [-0.2, -0.15) is 18.3 Å². The summed E-state index contributed by atoms with van der Waals surface area (Å²) in [5.41, 5.74) is 5.78. The minimum absolute atomic E-state index is 0.0596. The molecule has 0 aromatic heterocycles. The molecule has 6 nitrogen and oxygen atoms in total. The fraction of sp³-hybridized carbons (Fsp3) is 0.0968. The summed E-state index contributed by atoms with van der Waals surface area (Å²) in [7, 11) is 0. The summed E-state index contributed by atoms with van der Waals surface area (Å²) >= 11 is 0. The quantitative estimate of drug-likeness (QED) is 0.137. The lowest BCUT2D eigenvalue weighted by Gasteiger charge is -2.19. The Bertz CT molecular complexity index is 1690. The summed E-state index contributed by atoms with van der Waals surface area (Å²) < 4.78 is 40.7. The van der Waals surface area contributed by atoms with Gasteiger partial charge in [0, 0.05) is 22.4 Å². The zero-order valence-electron chi connectivity index (χ0n) is 21.5. The van der Waals surface area contributed by atoms with E-state index in [9.17, 15) is 28.2 Å². The number of phenols is 1. The van der Waals surface area contributed by atoms with Crippen LogP contribution in [-0.2, 0) is 11.0 Å². The van der Waals surface area contributed by atoms with Gasteiger partial charge in [-0.25, -0.2) is 0 Å². The first-order valence-electron chi connectivity index (χ1n) is 12.2. The molecule has 0 radical (unpaired) electrons. The number of carbonyl (C=O) groups is 1. The normalized spacial score (nSPS) is 14.0. The molecule has 0 unspecified atom stereocenters. The van der Waals surface area contributed by atoms with Crippen LogP contribution in [0.3, 0.4) is 0 Å². The van der Waals surface area contributed by atoms with E-state index in [-0.39, 0.29) is 34.2 Å². The number of hydrazone groups is 1. The Morgan fingerprint density at radius 2 is 1.62 bits per heavy atom. The van der Waals surface area contributed by atoms with Crippen LogP contribution in [0.4, 0.5) is 30.2 Å². The number of phenolic OH excluding ortho intramolecular Hbond substituents is 1. The first-order valence-corrected chi connectivity index (χ1v) is 12.2. The van der Waals surface area contributed by atoms with Crippen molar-refractivity contribution < 1.29 is 28.2 Å². The number of rotatable bonds is 5. The predicted octanol–water partition coefficient (Wildman–Crippen LogP) is 7.72. The molecule has 5 rings (SSSR count). The minimum Gasteiger partial charge on any atom is -0.508 e. The molecule has 1 amide bonds. The van der Waals surface area contributed by atoms with Crippen molar-refractivity contribution in [2.24, 2.45) is 5.10 Å². The van der Waals surface area contributed by atoms with Crippen molar-refractivity contribution in [3.63, 3.8) is 0 Å². The van der Waals surface area contributed by atoms with E-state index in [0.717, 1.165) is 23.3 Å². The summed E-state index contributed by atoms with van der Waals surface area (Å²) in [5.74, 6) is -0.907. The van der Waals surface area contributed by atoms with Gasteiger partial charge < -0.3 is 10.2 Å². The van der Waals surface area contributed by atoms with Gasteiger partial charge in [0.15, 0.2) is 5.71 Å². The number of hydrogen-bond acceptors (Lipinski definition) is 5. The Balaban J connectivity index is 1.57. The van der Waals surface area contributed by atoms with Crippen LogP contribution >= 0.6 is 0 Å². The van der Waals surface area contributed by atoms with E-state index < -0.39 is 17.6 Å². The molecule has 0 atom stereocenters. The molecular weight excluding hydrogens is 519 g/mol. The van der Waals surface area contributed by atoms with E-state index in [4.69, 9.17) is 0 Å². The second kappa shape index (κ2) is 9.92. The molecule has 3 N–H and O–H groups in total. The SMILES string of the molecule is C=C(O)c1cccc(-c2cccc(N/N=C3\C(=O)N(c4cc(C)cc(C)c4)c4cc(C(F)(F)F)ccc43)c2O)c1. The molecule has 0 spiro atoms. The summed E-state index contributed by atoms with van der Waals surface area (Å²) in [6, 6.07) is 20.1. The number of anilines is 3. The van der Waals surface area contributed by atoms with Crippen molar-refractivity contribution in [1.29, 1.82) is 0 Å². The van der Waals surface area contributed by atoms with E-state index >= 15 is 0 Å². The van der Waals surface area contributed by atoms with Crippen LogP contribution in [0.1, 0.15) is 27.8 Å². The van der Waals surface area contributed by atoms with E-state index in [0.29, 0.717) is 22.4 Å². The lowest BCUT2D eigenvalue weighted by Crippen LogP contribution is -2.26. The number of hydrogen-bond donors (Lipinski definition) is 3. The fourth-order valence-electron chi connectivity index (χ4n) is 4.72. The standard InChI is InChI=1S/C31H24F3N3O3/c1-17-12-18(2)14-23(13-17)37-27-16-22(31(32,33)34)10-11-25(27)28(30(37)40)36-35-26-9-5-8-24(29(26)39)21-7-4-6-20(15-21)19(3)38/h4-16,35,38-39H,3H2,1-2H3/b36-28-. The maximum atomic E-state index is 13.6. The van der Waals surface area contributed by atoms with E-state index in [1.807, 2.05) is 19.9 Å². The largest absolute Gasteiger partial charge is 0.508 e. The number of aliphatic hydroxyl groups is 1. The van der Waals surface area contributed by atoms with Gasteiger partial charge in [0.25, 0.3) is 5.91 Å². The zero-order valence-corrected chi connectivity index (χ0v) is 21.5. The lowest BCUT2D eigenvalue weighted by atomic mass is 10.0. The van der Waals surface area contributed by atoms with Gasteiger partial charge in [0.1, 0.15) is 11.5 Å². The predicted molar refractivity (Wildman–Crippen MR) is 150 cm³/mol. The van der Waals surface area contributed by atoms with Crippen LogP contribution in [-0.4, -0.2) is 21.8 Å². The number of aromatic hydroxyl groups is 1. The van der Waals surface area contributed by atoms with Gasteiger partial charge >= 0.3 is 6.18 Å². The summed E-state index contributed by atoms with van der Waals surface area (Å²) in [6.07, 6.45) is -4.60. The average Bonchev–Trinajstić information content (AvgIpc) is 3.17. The van der Waals surface area contributed by atoms with Crippen LogP contribution in [0, 0.1) is 13.8 Å². The highest BCUT2D eigenvalue weighted by Crippen LogP contribution is 2.41. The molecule has 1 heterocycles. The minimum atomic E-state index is -4.60. The monoisotopic (exact) mass is 543 g/mol. The summed E-state index contributed by atoms with van der Waals surface area (Å²) in [6.45, 7) is 7.19. The molecule has 4 aromatic carbocycles. The smallest absolute Gasteiger partial charge is 0.416 e. The molecule has 1 aliphatic heterocycles. The topological polar surface area (TPSA) is 85.2 Å². The zero-order chi connectivity index (χ0) is 28.8. The maximum Gasteiger partial charge on any atom is 0.416 e. The first kappa shape index (κ1) is 26.6.